The SMILES string of the molecule is CN=C(NCC(C)(C)c1ccccc1)N1CC(C)C(C(=O)OC)C1.I. The Kier molecular flexibility index (Phi) is 8.18. The van der Waals surface area contributed by atoms with E-state index in [1.165, 1.54) is 12.7 Å². The molecule has 0 aromatic heterocycles. The van der Waals surface area contributed by atoms with E-state index >= 15 is 0 Å². The van der Waals surface area contributed by atoms with Gasteiger partial charge in [0.15, 0.2) is 5.96 Å². The monoisotopic (exact) mass is 459 g/mol. The first kappa shape index (κ1) is 21.7. The summed E-state index contributed by atoms with van der Waals surface area (Å²) in [5.41, 5.74) is 1.28. The Balaban J connectivity index is 0.00000312. The second-order valence-corrected chi connectivity index (χ2v) is 7.16. The zero-order valence-electron chi connectivity index (χ0n) is 15.8. The summed E-state index contributed by atoms with van der Waals surface area (Å²) >= 11 is 0. The van der Waals surface area contributed by atoms with Crippen molar-refractivity contribution in [2.45, 2.75) is 26.2 Å². The van der Waals surface area contributed by atoms with E-state index < -0.39 is 0 Å². The number of benzene rings is 1. The largest absolute Gasteiger partial charge is 0.469 e. The molecular formula is C19H30IN3O2. The van der Waals surface area contributed by atoms with Crippen molar-refractivity contribution < 1.29 is 9.53 Å². The molecule has 1 aromatic carbocycles. The summed E-state index contributed by atoms with van der Waals surface area (Å²) in [6.07, 6.45) is 0. The molecule has 25 heavy (non-hydrogen) atoms. The summed E-state index contributed by atoms with van der Waals surface area (Å²) in [6, 6.07) is 10.5. The van der Waals surface area contributed by atoms with Crippen LogP contribution in [0.15, 0.2) is 35.3 Å². The van der Waals surface area contributed by atoms with Gasteiger partial charge in [-0.05, 0) is 11.5 Å². The highest BCUT2D eigenvalue weighted by atomic mass is 127. The second kappa shape index (κ2) is 9.40. The van der Waals surface area contributed by atoms with E-state index in [2.05, 4.69) is 60.2 Å². The van der Waals surface area contributed by atoms with Crippen molar-refractivity contribution in [2.24, 2.45) is 16.8 Å². The second-order valence-electron chi connectivity index (χ2n) is 7.16. The lowest BCUT2D eigenvalue weighted by Gasteiger charge is -2.29. The maximum atomic E-state index is 11.9. The molecule has 1 saturated heterocycles. The van der Waals surface area contributed by atoms with Crippen molar-refractivity contribution >= 4 is 35.9 Å². The van der Waals surface area contributed by atoms with Gasteiger partial charge in [-0.2, -0.15) is 0 Å². The van der Waals surface area contributed by atoms with Gasteiger partial charge in [-0.15, -0.1) is 24.0 Å². The highest BCUT2D eigenvalue weighted by Gasteiger charge is 2.37. The lowest BCUT2D eigenvalue weighted by Crippen LogP contribution is -2.45. The van der Waals surface area contributed by atoms with E-state index in [9.17, 15) is 4.79 Å². The smallest absolute Gasteiger partial charge is 0.310 e. The zero-order valence-corrected chi connectivity index (χ0v) is 18.1. The minimum Gasteiger partial charge on any atom is -0.469 e. The molecule has 1 heterocycles. The van der Waals surface area contributed by atoms with Gasteiger partial charge in [-0.1, -0.05) is 51.1 Å². The number of nitrogens with one attached hydrogen (secondary N) is 1. The number of guanidine groups is 1. The van der Waals surface area contributed by atoms with E-state index in [-0.39, 0.29) is 47.2 Å². The molecular weight excluding hydrogens is 429 g/mol. The van der Waals surface area contributed by atoms with Gasteiger partial charge in [0.25, 0.3) is 0 Å². The Morgan fingerprint density at radius 3 is 2.52 bits per heavy atom. The van der Waals surface area contributed by atoms with Gasteiger partial charge in [-0.25, -0.2) is 0 Å². The molecule has 1 aromatic rings. The van der Waals surface area contributed by atoms with Crippen LogP contribution in [0.4, 0.5) is 0 Å². The van der Waals surface area contributed by atoms with Crippen LogP contribution in [0.2, 0.25) is 0 Å². The van der Waals surface area contributed by atoms with E-state index in [1.807, 2.05) is 6.07 Å². The number of nitrogens with zero attached hydrogens (tertiary/aromatic N) is 2. The topological polar surface area (TPSA) is 53.9 Å². The van der Waals surface area contributed by atoms with Crippen LogP contribution in [0.1, 0.15) is 26.3 Å². The van der Waals surface area contributed by atoms with Gasteiger partial charge in [-0.3, -0.25) is 9.79 Å². The molecule has 140 valence electrons. The molecule has 0 aliphatic carbocycles. The summed E-state index contributed by atoms with van der Waals surface area (Å²) in [4.78, 5) is 18.4. The molecule has 2 rings (SSSR count). The van der Waals surface area contributed by atoms with Crippen LogP contribution in [-0.2, 0) is 14.9 Å². The van der Waals surface area contributed by atoms with Crippen LogP contribution in [0.5, 0.6) is 0 Å². The average molecular weight is 459 g/mol. The molecule has 0 amide bonds. The first-order chi connectivity index (χ1) is 11.4. The quantitative estimate of drug-likeness (QED) is 0.326. The third kappa shape index (κ3) is 5.33. The molecule has 1 fully saturated rings. The predicted molar refractivity (Wildman–Crippen MR) is 112 cm³/mol. The molecule has 6 heteroatoms. The number of esters is 1. The minimum atomic E-state index is -0.134. The number of ether oxygens (including phenoxy) is 1. The third-order valence-electron chi connectivity index (χ3n) is 4.87. The van der Waals surface area contributed by atoms with Gasteiger partial charge in [0.05, 0.1) is 13.0 Å². The van der Waals surface area contributed by atoms with Crippen LogP contribution in [0.25, 0.3) is 0 Å². The number of hydrogen-bond acceptors (Lipinski definition) is 3. The number of hydrogen-bond donors (Lipinski definition) is 1. The summed E-state index contributed by atoms with van der Waals surface area (Å²) in [6.45, 7) is 8.75. The van der Waals surface area contributed by atoms with Gasteiger partial charge in [0, 0.05) is 32.1 Å². The van der Waals surface area contributed by atoms with Crippen LogP contribution in [-0.4, -0.2) is 50.6 Å². The van der Waals surface area contributed by atoms with E-state index in [0.717, 1.165) is 19.0 Å². The molecule has 2 unspecified atom stereocenters. The molecule has 0 radical (unpaired) electrons. The lowest BCUT2D eigenvalue weighted by atomic mass is 9.85. The van der Waals surface area contributed by atoms with Crippen molar-refractivity contribution in [1.82, 2.24) is 10.2 Å². The summed E-state index contributed by atoms with van der Waals surface area (Å²) < 4.78 is 4.91. The fourth-order valence-electron chi connectivity index (χ4n) is 3.22. The number of likely N-dealkylation sites (tertiary alicyclic amines) is 1. The summed E-state index contributed by atoms with van der Waals surface area (Å²) in [5, 5.41) is 3.47. The van der Waals surface area contributed by atoms with E-state index in [1.54, 1.807) is 7.05 Å². The molecule has 0 saturated carbocycles. The highest BCUT2D eigenvalue weighted by molar-refractivity contribution is 14.0. The van der Waals surface area contributed by atoms with Crippen LogP contribution < -0.4 is 5.32 Å². The summed E-state index contributed by atoms with van der Waals surface area (Å²) in [5.74, 6) is 0.885. The number of carbonyl (C=O) groups excluding carboxylic acids is 1. The number of methoxy groups -OCH3 is 1. The zero-order chi connectivity index (χ0) is 17.7. The molecule has 1 aliphatic rings. The number of aliphatic imine (C=N–C) groups is 1. The Bertz CT molecular complexity index is 590. The van der Waals surface area contributed by atoms with Crippen LogP contribution in [0, 0.1) is 11.8 Å². The average Bonchev–Trinajstić information content (AvgIpc) is 2.97. The molecule has 1 N–H and O–H groups in total. The maximum Gasteiger partial charge on any atom is 0.310 e. The van der Waals surface area contributed by atoms with Gasteiger partial charge in [0.2, 0.25) is 0 Å². The van der Waals surface area contributed by atoms with Gasteiger partial charge in [0.1, 0.15) is 0 Å². The third-order valence-corrected chi connectivity index (χ3v) is 4.87. The van der Waals surface area contributed by atoms with Crippen molar-refractivity contribution in [3.05, 3.63) is 35.9 Å². The Hall–Kier alpha value is -1.31. The Morgan fingerprint density at radius 2 is 1.96 bits per heavy atom. The summed E-state index contributed by atoms with van der Waals surface area (Å²) in [7, 11) is 3.24. The standard InChI is InChI=1S/C19H29N3O2.HI/c1-14-11-22(12-16(14)17(23)24-5)18(20-4)21-13-19(2,3)15-9-7-6-8-10-15;/h6-10,14,16H,11-13H2,1-5H3,(H,20,21);1H. The van der Waals surface area contributed by atoms with Crippen molar-refractivity contribution in [3.8, 4) is 0 Å². The highest BCUT2D eigenvalue weighted by Crippen LogP contribution is 2.25. The minimum absolute atomic E-state index is 0. The van der Waals surface area contributed by atoms with Gasteiger partial charge < -0.3 is 15.0 Å². The predicted octanol–water partition coefficient (Wildman–Crippen LogP) is 2.90. The fraction of sp³-hybridized carbons (Fsp3) is 0.579. The Labute approximate surface area is 168 Å². The molecule has 0 bridgehead atoms. The van der Waals surface area contributed by atoms with Crippen molar-refractivity contribution in [1.29, 1.82) is 0 Å². The Morgan fingerprint density at radius 1 is 1.32 bits per heavy atom. The van der Waals surface area contributed by atoms with Crippen LogP contribution in [0.3, 0.4) is 0 Å². The maximum absolute atomic E-state index is 11.9. The van der Waals surface area contributed by atoms with Crippen molar-refractivity contribution in [3.63, 3.8) is 0 Å². The first-order valence-electron chi connectivity index (χ1n) is 8.48. The van der Waals surface area contributed by atoms with Crippen LogP contribution >= 0.6 is 24.0 Å². The lowest BCUT2D eigenvalue weighted by molar-refractivity contribution is -0.145. The van der Waals surface area contributed by atoms with E-state index in [4.69, 9.17) is 4.74 Å². The van der Waals surface area contributed by atoms with Gasteiger partial charge >= 0.3 is 5.97 Å². The van der Waals surface area contributed by atoms with E-state index in [0.29, 0.717) is 6.54 Å². The molecule has 2 atom stereocenters. The fourth-order valence-corrected chi connectivity index (χ4v) is 3.22. The van der Waals surface area contributed by atoms with Crippen molar-refractivity contribution in [2.75, 3.05) is 33.8 Å². The number of halogens is 1. The number of rotatable bonds is 4. The number of carbonyl (C=O) groups is 1. The normalized spacial score (nSPS) is 20.8. The molecule has 1 aliphatic heterocycles. The first-order valence-corrected chi connectivity index (χ1v) is 8.48. The molecule has 0 spiro atoms. The molecule has 5 nitrogen and oxygen atoms in total.